The Bertz CT molecular complexity index is 518. The molecular formula is C10H14N6O. The van der Waals surface area contributed by atoms with Crippen LogP contribution < -0.4 is 5.32 Å². The molecule has 7 nitrogen and oxygen atoms in total. The Balaban J connectivity index is 2.23. The summed E-state index contributed by atoms with van der Waals surface area (Å²) in [6.07, 6.45) is 2.91. The minimum Gasteiger partial charge on any atom is -0.329 e. The molecule has 17 heavy (non-hydrogen) atoms. The molecule has 2 N–H and O–H groups in total. The highest BCUT2D eigenvalue weighted by Crippen LogP contribution is 2.14. The topological polar surface area (TPSA) is 86.8 Å². The zero-order chi connectivity index (χ0) is 12.3. The van der Waals surface area contributed by atoms with Crippen molar-refractivity contribution in [1.82, 2.24) is 24.8 Å². The van der Waals surface area contributed by atoms with E-state index in [1.165, 1.54) is 12.7 Å². The number of H-pyrrole nitrogens is 1. The van der Waals surface area contributed by atoms with Crippen LogP contribution in [0.1, 0.15) is 13.8 Å². The van der Waals surface area contributed by atoms with Crippen molar-refractivity contribution in [3.05, 3.63) is 12.7 Å². The van der Waals surface area contributed by atoms with E-state index in [-0.39, 0.29) is 6.03 Å². The predicted octanol–water partition coefficient (Wildman–Crippen LogP) is 1.23. The van der Waals surface area contributed by atoms with Gasteiger partial charge in [-0.05, 0) is 13.8 Å². The molecule has 0 aliphatic rings. The van der Waals surface area contributed by atoms with E-state index in [0.29, 0.717) is 30.1 Å². The van der Waals surface area contributed by atoms with E-state index >= 15 is 0 Å². The molecule has 0 saturated carbocycles. The second-order valence-electron chi connectivity index (χ2n) is 3.42. The third-order valence-corrected chi connectivity index (χ3v) is 2.49. The molecule has 0 aromatic carbocycles. The highest BCUT2D eigenvalue weighted by molar-refractivity contribution is 5.95. The minimum absolute atomic E-state index is 0.182. The van der Waals surface area contributed by atoms with Crippen molar-refractivity contribution in [3.8, 4) is 0 Å². The Kier molecular flexibility index (Phi) is 3.17. The van der Waals surface area contributed by atoms with Crippen LogP contribution in [0.5, 0.6) is 0 Å². The van der Waals surface area contributed by atoms with Gasteiger partial charge in [0.15, 0.2) is 17.0 Å². The van der Waals surface area contributed by atoms with Gasteiger partial charge >= 0.3 is 6.03 Å². The zero-order valence-corrected chi connectivity index (χ0v) is 9.77. The SMILES string of the molecule is CCN(CC)C(=O)Nc1ncnc2[nH]cnc12. The number of nitrogens with one attached hydrogen (secondary N) is 2. The van der Waals surface area contributed by atoms with Gasteiger partial charge in [0.05, 0.1) is 6.33 Å². The fourth-order valence-corrected chi connectivity index (χ4v) is 1.55. The summed E-state index contributed by atoms with van der Waals surface area (Å²) in [7, 11) is 0. The Hall–Kier alpha value is -2.18. The lowest BCUT2D eigenvalue weighted by Gasteiger charge is -2.18. The van der Waals surface area contributed by atoms with Crippen LogP contribution in [0, 0.1) is 0 Å². The molecule has 0 radical (unpaired) electrons. The summed E-state index contributed by atoms with van der Waals surface area (Å²) < 4.78 is 0. The third-order valence-electron chi connectivity index (χ3n) is 2.49. The number of carbonyl (C=O) groups excluding carboxylic acids is 1. The van der Waals surface area contributed by atoms with Crippen LogP contribution in [0.4, 0.5) is 10.6 Å². The number of aromatic amines is 1. The molecule has 0 saturated heterocycles. The quantitative estimate of drug-likeness (QED) is 0.836. The molecule has 2 heterocycles. The van der Waals surface area contributed by atoms with Crippen molar-refractivity contribution in [2.45, 2.75) is 13.8 Å². The summed E-state index contributed by atoms with van der Waals surface area (Å²) in [5.74, 6) is 0.424. The van der Waals surface area contributed by atoms with Gasteiger partial charge in [-0.25, -0.2) is 19.7 Å². The standard InChI is InChI=1S/C10H14N6O/c1-3-16(4-2)10(17)15-9-7-8(12-5-11-7)13-6-14-9/h5-6H,3-4H2,1-2H3,(H2,11,12,13,14,15,17). The monoisotopic (exact) mass is 234 g/mol. The van der Waals surface area contributed by atoms with E-state index in [2.05, 4.69) is 25.3 Å². The lowest BCUT2D eigenvalue weighted by Crippen LogP contribution is -2.34. The van der Waals surface area contributed by atoms with Gasteiger partial charge in [-0.3, -0.25) is 5.32 Å². The van der Waals surface area contributed by atoms with Gasteiger partial charge in [0.2, 0.25) is 0 Å². The molecule has 0 atom stereocenters. The summed E-state index contributed by atoms with van der Waals surface area (Å²) in [5.41, 5.74) is 1.17. The number of anilines is 1. The number of hydrogen-bond acceptors (Lipinski definition) is 4. The molecule has 0 spiro atoms. The number of hydrogen-bond donors (Lipinski definition) is 2. The molecular weight excluding hydrogens is 220 g/mol. The first-order chi connectivity index (χ1) is 8.26. The lowest BCUT2D eigenvalue weighted by molar-refractivity contribution is 0.217. The minimum atomic E-state index is -0.182. The largest absolute Gasteiger partial charge is 0.329 e. The maximum atomic E-state index is 11.9. The van der Waals surface area contributed by atoms with E-state index in [1.54, 1.807) is 4.90 Å². The van der Waals surface area contributed by atoms with E-state index in [9.17, 15) is 4.79 Å². The molecule has 2 amide bonds. The van der Waals surface area contributed by atoms with Crippen molar-refractivity contribution in [1.29, 1.82) is 0 Å². The van der Waals surface area contributed by atoms with Crippen LogP contribution >= 0.6 is 0 Å². The molecule has 7 heteroatoms. The zero-order valence-electron chi connectivity index (χ0n) is 9.77. The van der Waals surface area contributed by atoms with Gasteiger partial charge in [0.25, 0.3) is 0 Å². The first-order valence-electron chi connectivity index (χ1n) is 5.46. The summed E-state index contributed by atoms with van der Waals surface area (Å²) in [5, 5.41) is 2.73. The predicted molar refractivity (Wildman–Crippen MR) is 63.6 cm³/mol. The molecule has 0 aliphatic heterocycles. The Labute approximate surface area is 98.3 Å². The number of carbonyl (C=O) groups is 1. The fraction of sp³-hybridized carbons (Fsp3) is 0.400. The Morgan fingerprint density at radius 3 is 2.82 bits per heavy atom. The summed E-state index contributed by atoms with van der Waals surface area (Å²) in [4.78, 5) is 28.5. The van der Waals surface area contributed by atoms with Crippen molar-refractivity contribution >= 4 is 23.0 Å². The second kappa shape index (κ2) is 4.77. The molecule has 2 rings (SSSR count). The van der Waals surface area contributed by atoms with Gasteiger partial charge in [-0.1, -0.05) is 0 Å². The Morgan fingerprint density at radius 2 is 2.12 bits per heavy atom. The van der Waals surface area contributed by atoms with Crippen molar-refractivity contribution < 1.29 is 4.79 Å². The van der Waals surface area contributed by atoms with Gasteiger partial charge in [0.1, 0.15) is 6.33 Å². The van der Waals surface area contributed by atoms with Crippen LogP contribution in [-0.4, -0.2) is 44.0 Å². The van der Waals surface area contributed by atoms with Crippen molar-refractivity contribution in [2.24, 2.45) is 0 Å². The van der Waals surface area contributed by atoms with Crippen LogP contribution in [0.2, 0.25) is 0 Å². The van der Waals surface area contributed by atoms with E-state index in [0.717, 1.165) is 0 Å². The molecule has 0 unspecified atom stereocenters. The molecule has 2 aromatic heterocycles. The fourth-order valence-electron chi connectivity index (χ4n) is 1.55. The lowest BCUT2D eigenvalue weighted by atomic mass is 10.5. The number of rotatable bonds is 3. The molecule has 2 aromatic rings. The highest BCUT2D eigenvalue weighted by Gasteiger charge is 2.13. The first kappa shape index (κ1) is 11.3. The smallest absolute Gasteiger partial charge is 0.323 e. The maximum absolute atomic E-state index is 11.9. The average Bonchev–Trinajstić information content (AvgIpc) is 2.80. The van der Waals surface area contributed by atoms with Gasteiger partial charge in [-0.15, -0.1) is 0 Å². The summed E-state index contributed by atoms with van der Waals surface area (Å²) in [6, 6.07) is -0.182. The van der Waals surface area contributed by atoms with E-state index < -0.39 is 0 Å². The highest BCUT2D eigenvalue weighted by atomic mass is 16.2. The molecule has 0 fully saturated rings. The third kappa shape index (κ3) is 2.17. The number of urea groups is 1. The van der Waals surface area contributed by atoms with Crippen molar-refractivity contribution in [3.63, 3.8) is 0 Å². The van der Waals surface area contributed by atoms with E-state index in [1.807, 2.05) is 13.8 Å². The number of fused-ring (bicyclic) bond motifs is 1. The van der Waals surface area contributed by atoms with Crippen molar-refractivity contribution in [2.75, 3.05) is 18.4 Å². The summed E-state index contributed by atoms with van der Waals surface area (Å²) in [6.45, 7) is 5.15. The number of amides is 2. The van der Waals surface area contributed by atoms with Crippen LogP contribution in [0.25, 0.3) is 11.2 Å². The van der Waals surface area contributed by atoms with Crippen LogP contribution in [0.3, 0.4) is 0 Å². The maximum Gasteiger partial charge on any atom is 0.323 e. The van der Waals surface area contributed by atoms with Gasteiger partial charge in [-0.2, -0.15) is 0 Å². The number of imidazole rings is 1. The second-order valence-corrected chi connectivity index (χ2v) is 3.42. The van der Waals surface area contributed by atoms with Gasteiger partial charge in [0, 0.05) is 13.1 Å². The molecule has 90 valence electrons. The summed E-state index contributed by atoms with van der Waals surface area (Å²) >= 11 is 0. The normalized spacial score (nSPS) is 10.5. The Morgan fingerprint density at radius 1 is 1.35 bits per heavy atom. The average molecular weight is 234 g/mol. The molecule has 0 aliphatic carbocycles. The number of aromatic nitrogens is 4. The first-order valence-corrected chi connectivity index (χ1v) is 5.46. The van der Waals surface area contributed by atoms with Gasteiger partial charge < -0.3 is 9.88 Å². The number of nitrogens with zero attached hydrogens (tertiary/aromatic N) is 4. The molecule has 0 bridgehead atoms. The van der Waals surface area contributed by atoms with E-state index in [4.69, 9.17) is 0 Å². The van der Waals surface area contributed by atoms with Crippen LogP contribution in [0.15, 0.2) is 12.7 Å². The van der Waals surface area contributed by atoms with Crippen LogP contribution in [-0.2, 0) is 0 Å².